The summed E-state index contributed by atoms with van der Waals surface area (Å²) < 4.78 is 0. The van der Waals surface area contributed by atoms with Crippen molar-refractivity contribution in [3.05, 3.63) is 42.1 Å². The van der Waals surface area contributed by atoms with Gasteiger partial charge in [-0.25, -0.2) is 0 Å². The Kier molecular flexibility index (Phi) is 3.46. The van der Waals surface area contributed by atoms with Crippen molar-refractivity contribution in [3.8, 4) is 0 Å². The van der Waals surface area contributed by atoms with Gasteiger partial charge in [-0.15, -0.1) is 0 Å². The third-order valence-corrected chi connectivity index (χ3v) is 2.03. The molecule has 1 rings (SSSR count). The van der Waals surface area contributed by atoms with E-state index in [0.29, 0.717) is 11.6 Å². The molecular weight excluding hydrogens is 172 g/mol. The van der Waals surface area contributed by atoms with E-state index in [-0.39, 0.29) is 0 Å². The lowest BCUT2D eigenvalue weighted by Gasteiger charge is -2.09. The number of anilines is 1. The van der Waals surface area contributed by atoms with Crippen LogP contribution in [0.25, 0.3) is 0 Å². The molecule has 74 valence electrons. The second kappa shape index (κ2) is 4.61. The van der Waals surface area contributed by atoms with E-state index in [4.69, 9.17) is 5.41 Å². The monoisotopic (exact) mass is 188 g/mol. The van der Waals surface area contributed by atoms with E-state index in [0.717, 1.165) is 5.69 Å². The molecule has 1 aromatic rings. The molecule has 0 saturated heterocycles. The smallest absolute Gasteiger partial charge is 0.0490 e. The van der Waals surface area contributed by atoms with Crippen LogP contribution in [-0.2, 0) is 0 Å². The molecule has 0 unspecified atom stereocenters. The quantitative estimate of drug-likeness (QED) is 0.698. The zero-order valence-corrected chi connectivity index (χ0v) is 8.67. The third kappa shape index (κ3) is 2.73. The summed E-state index contributed by atoms with van der Waals surface area (Å²) >= 11 is 0. The van der Waals surface area contributed by atoms with Crippen LogP contribution >= 0.6 is 0 Å². The highest BCUT2D eigenvalue weighted by Gasteiger charge is 1.99. The molecule has 0 aliphatic rings. The number of hydrogen-bond acceptors (Lipinski definition) is 2. The topological polar surface area (TPSA) is 35.9 Å². The van der Waals surface area contributed by atoms with E-state index in [9.17, 15) is 0 Å². The summed E-state index contributed by atoms with van der Waals surface area (Å²) in [6.07, 6.45) is 1.21. The molecular formula is C12H16N2. The van der Waals surface area contributed by atoms with Crippen molar-refractivity contribution < 1.29 is 0 Å². The first-order valence-corrected chi connectivity index (χ1v) is 4.70. The summed E-state index contributed by atoms with van der Waals surface area (Å²) in [7, 11) is 0. The minimum Gasteiger partial charge on any atom is -0.355 e. The van der Waals surface area contributed by atoms with Crippen molar-refractivity contribution in [3.63, 3.8) is 0 Å². The molecule has 0 amide bonds. The van der Waals surface area contributed by atoms with Crippen molar-refractivity contribution in [1.82, 2.24) is 0 Å². The Hall–Kier alpha value is -1.57. The average Bonchev–Trinajstić information content (AvgIpc) is 2.18. The summed E-state index contributed by atoms with van der Waals surface area (Å²) in [5, 5.41) is 10.1. The largest absolute Gasteiger partial charge is 0.355 e. The van der Waals surface area contributed by atoms with Crippen LogP contribution in [0.3, 0.4) is 0 Å². The lowest BCUT2D eigenvalue weighted by atomic mass is 10.0. The fourth-order valence-electron chi connectivity index (χ4n) is 1.20. The lowest BCUT2D eigenvalue weighted by molar-refractivity contribution is 0.867. The molecule has 1 aromatic carbocycles. The van der Waals surface area contributed by atoms with Crippen LogP contribution in [0.1, 0.15) is 25.3 Å². The fourth-order valence-corrected chi connectivity index (χ4v) is 1.20. The summed E-state index contributed by atoms with van der Waals surface area (Å²) in [4.78, 5) is 0. The van der Waals surface area contributed by atoms with Gasteiger partial charge < -0.3 is 10.7 Å². The van der Waals surface area contributed by atoms with E-state index in [1.165, 1.54) is 11.8 Å². The molecule has 2 N–H and O–H groups in total. The van der Waals surface area contributed by atoms with Crippen LogP contribution in [0.2, 0.25) is 0 Å². The Morgan fingerprint density at radius 1 is 1.50 bits per heavy atom. The zero-order valence-electron chi connectivity index (χ0n) is 8.67. The summed E-state index contributed by atoms with van der Waals surface area (Å²) in [5.41, 5.74) is 2.88. The van der Waals surface area contributed by atoms with Gasteiger partial charge in [0.15, 0.2) is 0 Å². The number of allylic oxidation sites excluding steroid dienone is 1. The van der Waals surface area contributed by atoms with E-state index in [1.54, 1.807) is 0 Å². The molecule has 0 spiro atoms. The van der Waals surface area contributed by atoms with Crippen LogP contribution < -0.4 is 5.32 Å². The number of benzene rings is 1. The van der Waals surface area contributed by atoms with Gasteiger partial charge in [-0.3, -0.25) is 0 Å². The molecule has 0 aliphatic heterocycles. The summed E-state index contributed by atoms with van der Waals surface area (Å²) in [6, 6.07) is 8.16. The Balaban J connectivity index is 2.83. The van der Waals surface area contributed by atoms with Crippen LogP contribution in [0.4, 0.5) is 5.69 Å². The molecule has 0 radical (unpaired) electrons. The number of hydrogen-bond donors (Lipinski definition) is 2. The maximum absolute atomic E-state index is 7.01. The molecule has 0 fully saturated rings. The van der Waals surface area contributed by atoms with E-state index in [1.807, 2.05) is 12.1 Å². The normalized spacial score (nSPS) is 9.93. The Morgan fingerprint density at radius 2 is 2.21 bits per heavy atom. The zero-order chi connectivity index (χ0) is 10.6. The van der Waals surface area contributed by atoms with Crippen LogP contribution in [-0.4, -0.2) is 6.21 Å². The van der Waals surface area contributed by atoms with Crippen molar-refractivity contribution in [2.45, 2.75) is 19.8 Å². The van der Waals surface area contributed by atoms with E-state index in [2.05, 4.69) is 37.9 Å². The lowest BCUT2D eigenvalue weighted by Crippen LogP contribution is -1.99. The van der Waals surface area contributed by atoms with Crippen molar-refractivity contribution in [1.29, 1.82) is 5.41 Å². The van der Waals surface area contributed by atoms with E-state index >= 15 is 0 Å². The highest BCUT2D eigenvalue weighted by molar-refractivity contribution is 5.79. The predicted molar refractivity (Wildman–Crippen MR) is 62.1 cm³/mol. The summed E-state index contributed by atoms with van der Waals surface area (Å²) in [5.74, 6) is 0.519. The van der Waals surface area contributed by atoms with Gasteiger partial charge in [-0.05, 0) is 23.6 Å². The Morgan fingerprint density at radius 3 is 2.79 bits per heavy atom. The third-order valence-electron chi connectivity index (χ3n) is 2.03. The van der Waals surface area contributed by atoms with Gasteiger partial charge in [0.2, 0.25) is 0 Å². The standard InChI is InChI=1S/C12H16N2/c1-9(2)11-5-4-6-12(7-11)14-10(3)8-13/h4-9,13-14H,3H2,1-2H3. The van der Waals surface area contributed by atoms with Crippen LogP contribution in [0.15, 0.2) is 36.5 Å². The van der Waals surface area contributed by atoms with E-state index < -0.39 is 0 Å². The van der Waals surface area contributed by atoms with Crippen molar-refractivity contribution in [2.24, 2.45) is 0 Å². The molecule has 0 saturated carbocycles. The van der Waals surface area contributed by atoms with Gasteiger partial charge in [-0.1, -0.05) is 32.6 Å². The maximum atomic E-state index is 7.01. The molecule has 0 atom stereocenters. The first kappa shape index (κ1) is 10.5. The average molecular weight is 188 g/mol. The predicted octanol–water partition coefficient (Wildman–Crippen LogP) is 3.39. The molecule has 0 heterocycles. The van der Waals surface area contributed by atoms with Crippen LogP contribution in [0.5, 0.6) is 0 Å². The second-order valence-corrected chi connectivity index (χ2v) is 3.57. The Bertz CT molecular complexity index is 340. The van der Waals surface area contributed by atoms with Gasteiger partial charge in [0.1, 0.15) is 0 Å². The molecule has 2 nitrogen and oxygen atoms in total. The highest BCUT2D eigenvalue weighted by Crippen LogP contribution is 2.18. The Labute approximate surface area is 85.2 Å². The van der Waals surface area contributed by atoms with Gasteiger partial charge in [-0.2, -0.15) is 0 Å². The van der Waals surface area contributed by atoms with Crippen molar-refractivity contribution >= 4 is 11.9 Å². The molecule has 0 aromatic heterocycles. The number of nitrogens with one attached hydrogen (secondary N) is 2. The van der Waals surface area contributed by atoms with Gasteiger partial charge in [0.05, 0.1) is 0 Å². The minimum absolute atomic E-state index is 0.519. The first-order chi connectivity index (χ1) is 6.63. The molecule has 14 heavy (non-hydrogen) atoms. The highest BCUT2D eigenvalue weighted by atomic mass is 14.9. The molecule has 0 bridgehead atoms. The van der Waals surface area contributed by atoms with Gasteiger partial charge in [0.25, 0.3) is 0 Å². The fraction of sp³-hybridized carbons (Fsp3) is 0.250. The van der Waals surface area contributed by atoms with Gasteiger partial charge in [0, 0.05) is 17.6 Å². The molecule has 2 heteroatoms. The molecule has 0 aliphatic carbocycles. The first-order valence-electron chi connectivity index (χ1n) is 4.70. The maximum Gasteiger partial charge on any atom is 0.0490 e. The SMILES string of the molecule is C=C(C=N)Nc1cccc(C(C)C)c1. The van der Waals surface area contributed by atoms with Crippen molar-refractivity contribution in [2.75, 3.05) is 5.32 Å². The number of rotatable bonds is 4. The van der Waals surface area contributed by atoms with Gasteiger partial charge >= 0.3 is 0 Å². The second-order valence-electron chi connectivity index (χ2n) is 3.57. The van der Waals surface area contributed by atoms with Crippen LogP contribution in [0, 0.1) is 5.41 Å². The summed E-state index contributed by atoms with van der Waals surface area (Å²) in [6.45, 7) is 8.00. The minimum atomic E-state index is 0.519.